The molecule has 114 valence electrons. The van der Waals surface area contributed by atoms with Crippen molar-refractivity contribution < 1.29 is 0 Å². The van der Waals surface area contributed by atoms with E-state index in [9.17, 15) is 0 Å². The maximum Gasteiger partial charge on any atom is -0.00886 e. The summed E-state index contributed by atoms with van der Waals surface area (Å²) in [7, 11) is 0. The molecule has 0 radical (unpaired) electrons. The van der Waals surface area contributed by atoms with Crippen molar-refractivity contribution in [3.63, 3.8) is 0 Å². The minimum Gasteiger partial charge on any atom is -0.0909 e. The average Bonchev–Trinajstić information content (AvgIpc) is 2.52. The van der Waals surface area contributed by atoms with Crippen LogP contribution in [0.5, 0.6) is 0 Å². The number of rotatable bonds is 4. The van der Waals surface area contributed by atoms with Gasteiger partial charge in [-0.3, -0.25) is 0 Å². The summed E-state index contributed by atoms with van der Waals surface area (Å²) in [6.07, 6.45) is 3.24. The van der Waals surface area contributed by atoms with E-state index in [4.69, 9.17) is 0 Å². The van der Waals surface area contributed by atoms with Gasteiger partial charge in [0, 0.05) is 0 Å². The molecule has 0 heterocycles. The Morgan fingerprint density at radius 3 is 2.18 bits per heavy atom. The van der Waals surface area contributed by atoms with E-state index in [2.05, 4.69) is 88.9 Å². The van der Waals surface area contributed by atoms with E-state index >= 15 is 0 Å². The van der Waals surface area contributed by atoms with Gasteiger partial charge < -0.3 is 0 Å². The van der Waals surface area contributed by atoms with Crippen LogP contribution in [0.4, 0.5) is 0 Å². The third-order valence-corrected chi connectivity index (χ3v) is 4.05. The predicted molar refractivity (Wildman–Crippen MR) is 98.1 cm³/mol. The molecule has 0 saturated heterocycles. The van der Waals surface area contributed by atoms with Crippen LogP contribution in [0.25, 0.3) is 5.57 Å². The first-order chi connectivity index (χ1) is 10.4. The molecule has 2 aromatic rings. The first-order valence-corrected chi connectivity index (χ1v) is 7.89. The molecule has 22 heavy (non-hydrogen) atoms. The van der Waals surface area contributed by atoms with Crippen molar-refractivity contribution in [3.05, 3.63) is 89.5 Å². The fourth-order valence-corrected chi connectivity index (χ4v) is 2.68. The minimum atomic E-state index is 0.175. The highest BCUT2D eigenvalue weighted by atomic mass is 14.2. The molecular formula is C22H26. The molecule has 0 N–H and O–H groups in total. The summed E-state index contributed by atoms with van der Waals surface area (Å²) in [5, 5.41) is 0. The molecule has 0 aromatic heterocycles. The highest BCUT2D eigenvalue weighted by Gasteiger charge is 2.16. The van der Waals surface area contributed by atoms with Crippen LogP contribution in [-0.2, 0) is 11.8 Å². The van der Waals surface area contributed by atoms with Crippen molar-refractivity contribution in [2.75, 3.05) is 0 Å². The molecule has 0 aliphatic carbocycles. The third kappa shape index (κ3) is 3.98. The molecule has 0 unspecified atom stereocenters. The van der Waals surface area contributed by atoms with Gasteiger partial charge in [-0.05, 0) is 46.6 Å². The summed E-state index contributed by atoms with van der Waals surface area (Å²) in [5.74, 6) is 0. The van der Waals surface area contributed by atoms with Gasteiger partial charge in [-0.25, -0.2) is 0 Å². The topological polar surface area (TPSA) is 0 Å². The van der Waals surface area contributed by atoms with Gasteiger partial charge in [-0.2, -0.15) is 0 Å². The van der Waals surface area contributed by atoms with E-state index in [0.29, 0.717) is 0 Å². The van der Waals surface area contributed by atoms with Gasteiger partial charge in [0.2, 0.25) is 0 Å². The molecule has 0 saturated carbocycles. The Bertz CT molecular complexity index is 667. The highest BCUT2D eigenvalue weighted by molar-refractivity contribution is 5.76. The first-order valence-electron chi connectivity index (χ1n) is 7.89. The molecule has 0 amide bonds. The molecule has 0 aliphatic heterocycles. The van der Waals surface area contributed by atoms with Gasteiger partial charge in [-0.1, -0.05) is 88.0 Å². The monoisotopic (exact) mass is 290 g/mol. The van der Waals surface area contributed by atoms with Gasteiger partial charge in [-0.15, -0.1) is 0 Å². The van der Waals surface area contributed by atoms with E-state index in [1.54, 1.807) is 0 Å². The molecule has 0 heteroatoms. The van der Waals surface area contributed by atoms with E-state index in [-0.39, 0.29) is 5.41 Å². The van der Waals surface area contributed by atoms with Gasteiger partial charge in [0.25, 0.3) is 0 Å². The van der Waals surface area contributed by atoms with Crippen LogP contribution in [0.2, 0.25) is 0 Å². The smallest absolute Gasteiger partial charge is 0.00886 e. The SMILES string of the molecule is C=C(/C(C)=C\Cc1ccccc1C(C)(C)C)c1ccccc1. The lowest BCUT2D eigenvalue weighted by Crippen LogP contribution is -2.13. The summed E-state index contributed by atoms with van der Waals surface area (Å²) >= 11 is 0. The van der Waals surface area contributed by atoms with Crippen LogP contribution in [-0.4, -0.2) is 0 Å². The number of allylic oxidation sites excluding steroid dienone is 3. The Morgan fingerprint density at radius 1 is 0.955 bits per heavy atom. The Hall–Kier alpha value is -2.08. The van der Waals surface area contributed by atoms with Gasteiger partial charge in [0.15, 0.2) is 0 Å². The maximum atomic E-state index is 4.24. The van der Waals surface area contributed by atoms with E-state index in [0.717, 1.165) is 12.0 Å². The summed E-state index contributed by atoms with van der Waals surface area (Å²) in [6.45, 7) is 13.2. The second-order valence-electron chi connectivity index (χ2n) is 6.84. The lowest BCUT2D eigenvalue weighted by molar-refractivity contribution is 0.584. The van der Waals surface area contributed by atoms with E-state index < -0.39 is 0 Å². The molecule has 0 nitrogen and oxygen atoms in total. The Morgan fingerprint density at radius 2 is 1.55 bits per heavy atom. The molecule has 0 bridgehead atoms. The molecule has 2 rings (SSSR count). The van der Waals surface area contributed by atoms with Crippen LogP contribution < -0.4 is 0 Å². The summed E-state index contributed by atoms with van der Waals surface area (Å²) in [4.78, 5) is 0. The Kier molecular flexibility index (Phi) is 5.03. The number of hydrogen-bond acceptors (Lipinski definition) is 0. The van der Waals surface area contributed by atoms with Crippen molar-refractivity contribution in [2.24, 2.45) is 0 Å². The summed E-state index contributed by atoms with van der Waals surface area (Å²) < 4.78 is 0. The molecule has 0 aliphatic rings. The van der Waals surface area contributed by atoms with Crippen molar-refractivity contribution in [3.8, 4) is 0 Å². The third-order valence-electron chi connectivity index (χ3n) is 4.05. The van der Waals surface area contributed by atoms with Gasteiger partial charge >= 0.3 is 0 Å². The van der Waals surface area contributed by atoms with Gasteiger partial charge in [0.1, 0.15) is 0 Å². The summed E-state index contributed by atoms with van der Waals surface area (Å²) in [5.41, 5.74) is 6.54. The van der Waals surface area contributed by atoms with Crippen molar-refractivity contribution in [1.82, 2.24) is 0 Å². The number of hydrogen-bond donors (Lipinski definition) is 0. The van der Waals surface area contributed by atoms with E-state index in [1.807, 2.05) is 6.07 Å². The lowest BCUT2D eigenvalue weighted by Gasteiger charge is -2.22. The fourth-order valence-electron chi connectivity index (χ4n) is 2.68. The van der Waals surface area contributed by atoms with Crippen LogP contribution >= 0.6 is 0 Å². The first kappa shape index (κ1) is 16.3. The second-order valence-corrected chi connectivity index (χ2v) is 6.84. The maximum absolute atomic E-state index is 4.24. The van der Waals surface area contributed by atoms with Crippen LogP contribution in [0, 0.1) is 0 Å². The van der Waals surface area contributed by atoms with Crippen molar-refractivity contribution in [1.29, 1.82) is 0 Å². The van der Waals surface area contributed by atoms with Crippen LogP contribution in [0.3, 0.4) is 0 Å². The standard InChI is InChI=1S/C22H26/c1-17(18(2)19-11-7-6-8-12-19)15-16-20-13-9-10-14-21(20)22(3,4)5/h6-15H,2,16H2,1,3-5H3/b17-15-. The quantitative estimate of drug-likeness (QED) is 0.589. The average molecular weight is 290 g/mol. The van der Waals surface area contributed by atoms with Crippen LogP contribution in [0.1, 0.15) is 44.4 Å². The lowest BCUT2D eigenvalue weighted by atomic mass is 9.82. The van der Waals surface area contributed by atoms with E-state index in [1.165, 1.54) is 22.3 Å². The normalized spacial score (nSPS) is 12.3. The zero-order chi connectivity index (χ0) is 16.2. The predicted octanol–water partition coefficient (Wildman–Crippen LogP) is 6.19. The minimum absolute atomic E-state index is 0.175. The molecular weight excluding hydrogens is 264 g/mol. The van der Waals surface area contributed by atoms with Crippen molar-refractivity contribution in [2.45, 2.75) is 39.5 Å². The Labute approximate surface area is 135 Å². The largest absolute Gasteiger partial charge is 0.0909 e. The zero-order valence-electron chi connectivity index (χ0n) is 14.2. The fraction of sp³-hybridized carbons (Fsp3) is 0.273. The number of benzene rings is 2. The zero-order valence-corrected chi connectivity index (χ0v) is 14.2. The molecule has 0 atom stereocenters. The van der Waals surface area contributed by atoms with Crippen molar-refractivity contribution >= 4 is 5.57 Å². The highest BCUT2D eigenvalue weighted by Crippen LogP contribution is 2.27. The molecule has 0 fully saturated rings. The summed E-state index contributed by atoms with van der Waals surface area (Å²) in [6, 6.07) is 19.1. The van der Waals surface area contributed by atoms with Crippen LogP contribution in [0.15, 0.2) is 72.8 Å². The molecule has 2 aromatic carbocycles. The Balaban J connectivity index is 2.20. The second kappa shape index (κ2) is 6.79. The van der Waals surface area contributed by atoms with Gasteiger partial charge in [0.05, 0.1) is 0 Å². The molecule has 0 spiro atoms.